The Labute approximate surface area is 120 Å². The Balaban J connectivity index is 1.43. The number of fused-ring (bicyclic) bond motifs is 1. The Kier molecular flexibility index (Phi) is 4.21. The average Bonchev–Trinajstić information content (AvgIpc) is 2.95. The first-order chi connectivity index (χ1) is 9.83. The van der Waals surface area contributed by atoms with Crippen molar-refractivity contribution in [1.82, 2.24) is 9.80 Å². The summed E-state index contributed by atoms with van der Waals surface area (Å²) in [6.07, 6.45) is 3.00. The molecule has 4 nitrogen and oxygen atoms in total. The first-order valence-electron chi connectivity index (χ1n) is 7.52. The highest BCUT2D eigenvalue weighted by molar-refractivity contribution is 5.76. The van der Waals surface area contributed by atoms with Gasteiger partial charge < -0.3 is 9.64 Å². The quantitative estimate of drug-likeness (QED) is 0.839. The van der Waals surface area contributed by atoms with Gasteiger partial charge in [-0.2, -0.15) is 0 Å². The molecule has 4 heteroatoms. The fraction of sp³-hybridized carbons (Fsp3) is 0.562. The third-order valence-electron chi connectivity index (χ3n) is 4.27. The van der Waals surface area contributed by atoms with E-state index < -0.39 is 0 Å². The van der Waals surface area contributed by atoms with E-state index >= 15 is 0 Å². The van der Waals surface area contributed by atoms with Crippen molar-refractivity contribution in [3.8, 4) is 5.75 Å². The molecule has 0 spiro atoms. The number of carbonyl (C=O) groups is 1. The zero-order chi connectivity index (χ0) is 13.8. The number of para-hydroxylation sites is 1. The second-order valence-corrected chi connectivity index (χ2v) is 5.58. The van der Waals surface area contributed by atoms with Crippen LogP contribution in [0.15, 0.2) is 30.3 Å². The molecule has 0 aromatic heterocycles. The Bertz CT molecular complexity index is 449. The summed E-state index contributed by atoms with van der Waals surface area (Å²) in [4.78, 5) is 16.7. The highest BCUT2D eigenvalue weighted by Gasteiger charge is 2.32. The monoisotopic (exact) mass is 274 g/mol. The minimum Gasteiger partial charge on any atom is -0.493 e. The Morgan fingerprint density at radius 2 is 2.05 bits per heavy atom. The topological polar surface area (TPSA) is 32.8 Å². The molecule has 0 saturated carbocycles. The molecule has 0 unspecified atom stereocenters. The van der Waals surface area contributed by atoms with Crippen molar-refractivity contribution in [3.05, 3.63) is 30.3 Å². The van der Waals surface area contributed by atoms with Gasteiger partial charge in [0.05, 0.1) is 13.0 Å². The van der Waals surface area contributed by atoms with Crippen LogP contribution in [-0.4, -0.2) is 54.5 Å². The standard InChI is InChI=1S/C16H22N2O2/c19-16(8-12-20-15-6-2-1-3-7-15)18-11-10-17-9-4-5-14(17)13-18/h1-3,6-7,14H,4-5,8-13H2/t14-/m1/s1. The van der Waals surface area contributed by atoms with Gasteiger partial charge in [0, 0.05) is 25.7 Å². The van der Waals surface area contributed by atoms with Crippen LogP contribution in [-0.2, 0) is 4.79 Å². The van der Waals surface area contributed by atoms with E-state index in [0.29, 0.717) is 19.1 Å². The van der Waals surface area contributed by atoms with Crippen LogP contribution in [0.2, 0.25) is 0 Å². The Morgan fingerprint density at radius 3 is 2.90 bits per heavy atom. The molecule has 108 valence electrons. The summed E-state index contributed by atoms with van der Waals surface area (Å²) in [5, 5.41) is 0. The number of carbonyl (C=O) groups excluding carboxylic acids is 1. The molecule has 0 radical (unpaired) electrons. The van der Waals surface area contributed by atoms with E-state index in [1.807, 2.05) is 35.2 Å². The van der Waals surface area contributed by atoms with Crippen LogP contribution in [0, 0.1) is 0 Å². The lowest BCUT2D eigenvalue weighted by Gasteiger charge is -2.37. The maximum Gasteiger partial charge on any atom is 0.226 e. The summed E-state index contributed by atoms with van der Waals surface area (Å²) in [6.45, 7) is 4.50. The number of nitrogens with zero attached hydrogens (tertiary/aromatic N) is 2. The zero-order valence-electron chi connectivity index (χ0n) is 11.8. The van der Waals surface area contributed by atoms with Crippen molar-refractivity contribution in [2.24, 2.45) is 0 Å². The van der Waals surface area contributed by atoms with Crippen molar-refractivity contribution < 1.29 is 9.53 Å². The molecule has 3 rings (SSSR count). The van der Waals surface area contributed by atoms with E-state index in [1.165, 1.54) is 19.4 Å². The highest BCUT2D eigenvalue weighted by Crippen LogP contribution is 2.21. The van der Waals surface area contributed by atoms with Crippen LogP contribution >= 0.6 is 0 Å². The van der Waals surface area contributed by atoms with E-state index in [4.69, 9.17) is 4.74 Å². The van der Waals surface area contributed by atoms with E-state index in [1.54, 1.807) is 0 Å². The van der Waals surface area contributed by atoms with E-state index in [2.05, 4.69) is 4.90 Å². The normalized spacial score (nSPS) is 22.6. The van der Waals surface area contributed by atoms with Crippen molar-refractivity contribution in [2.75, 3.05) is 32.8 Å². The lowest BCUT2D eigenvalue weighted by molar-refractivity contribution is -0.134. The summed E-state index contributed by atoms with van der Waals surface area (Å²) < 4.78 is 5.60. The molecule has 2 heterocycles. The van der Waals surface area contributed by atoms with Gasteiger partial charge in [-0.25, -0.2) is 0 Å². The molecule has 2 fully saturated rings. The number of hydrogen-bond acceptors (Lipinski definition) is 3. The van der Waals surface area contributed by atoms with E-state index in [0.717, 1.165) is 25.4 Å². The van der Waals surface area contributed by atoms with Crippen LogP contribution in [0.1, 0.15) is 19.3 Å². The van der Waals surface area contributed by atoms with E-state index in [-0.39, 0.29) is 5.91 Å². The molecule has 1 atom stereocenters. The molecule has 0 bridgehead atoms. The fourth-order valence-electron chi connectivity index (χ4n) is 3.15. The Hall–Kier alpha value is -1.55. The van der Waals surface area contributed by atoms with Crippen molar-refractivity contribution in [1.29, 1.82) is 0 Å². The van der Waals surface area contributed by atoms with Gasteiger partial charge in [-0.3, -0.25) is 9.69 Å². The fourth-order valence-corrected chi connectivity index (χ4v) is 3.15. The molecule has 0 aliphatic carbocycles. The van der Waals surface area contributed by atoms with Crippen LogP contribution in [0.3, 0.4) is 0 Å². The summed E-state index contributed by atoms with van der Waals surface area (Å²) in [7, 11) is 0. The largest absolute Gasteiger partial charge is 0.493 e. The summed E-state index contributed by atoms with van der Waals surface area (Å²) in [6, 6.07) is 10.3. The van der Waals surface area contributed by atoms with Crippen LogP contribution in [0.25, 0.3) is 0 Å². The number of amides is 1. The predicted octanol–water partition coefficient (Wildman–Crippen LogP) is 1.76. The lowest BCUT2D eigenvalue weighted by Crippen LogP contribution is -2.52. The van der Waals surface area contributed by atoms with Gasteiger partial charge in [-0.15, -0.1) is 0 Å². The predicted molar refractivity (Wildman–Crippen MR) is 77.7 cm³/mol. The minimum absolute atomic E-state index is 0.229. The van der Waals surface area contributed by atoms with Gasteiger partial charge in [0.2, 0.25) is 5.91 Å². The molecule has 20 heavy (non-hydrogen) atoms. The Morgan fingerprint density at radius 1 is 1.20 bits per heavy atom. The van der Waals surface area contributed by atoms with Crippen LogP contribution in [0.5, 0.6) is 5.75 Å². The highest BCUT2D eigenvalue weighted by atomic mass is 16.5. The van der Waals surface area contributed by atoms with Gasteiger partial charge >= 0.3 is 0 Å². The maximum absolute atomic E-state index is 12.2. The van der Waals surface area contributed by atoms with Gasteiger partial charge in [0.15, 0.2) is 0 Å². The average molecular weight is 274 g/mol. The molecule has 2 saturated heterocycles. The summed E-state index contributed by atoms with van der Waals surface area (Å²) in [5.74, 6) is 1.06. The van der Waals surface area contributed by atoms with Crippen molar-refractivity contribution in [2.45, 2.75) is 25.3 Å². The first-order valence-corrected chi connectivity index (χ1v) is 7.52. The van der Waals surface area contributed by atoms with Gasteiger partial charge in [0.1, 0.15) is 5.75 Å². The summed E-state index contributed by atoms with van der Waals surface area (Å²) >= 11 is 0. The van der Waals surface area contributed by atoms with Gasteiger partial charge in [-0.05, 0) is 31.5 Å². The molecule has 1 amide bonds. The summed E-state index contributed by atoms with van der Waals surface area (Å²) in [5.41, 5.74) is 0. The number of rotatable bonds is 4. The SMILES string of the molecule is O=C(CCOc1ccccc1)N1CCN2CCC[C@@H]2C1. The minimum atomic E-state index is 0.229. The number of piperazine rings is 1. The molecule has 1 aromatic carbocycles. The van der Waals surface area contributed by atoms with Gasteiger partial charge in [-0.1, -0.05) is 18.2 Å². The molecular weight excluding hydrogens is 252 g/mol. The van der Waals surface area contributed by atoms with Crippen molar-refractivity contribution >= 4 is 5.91 Å². The van der Waals surface area contributed by atoms with E-state index in [9.17, 15) is 4.79 Å². The lowest BCUT2D eigenvalue weighted by atomic mass is 10.1. The second-order valence-electron chi connectivity index (χ2n) is 5.58. The molecule has 2 aliphatic heterocycles. The van der Waals surface area contributed by atoms with Crippen molar-refractivity contribution in [3.63, 3.8) is 0 Å². The number of ether oxygens (including phenoxy) is 1. The molecule has 1 aromatic rings. The van der Waals surface area contributed by atoms with Crippen LogP contribution in [0.4, 0.5) is 0 Å². The number of benzene rings is 1. The zero-order valence-corrected chi connectivity index (χ0v) is 11.8. The first kappa shape index (κ1) is 13.4. The third kappa shape index (κ3) is 3.12. The van der Waals surface area contributed by atoms with Gasteiger partial charge in [0.25, 0.3) is 0 Å². The molecular formula is C16H22N2O2. The number of hydrogen-bond donors (Lipinski definition) is 0. The van der Waals surface area contributed by atoms with Crippen LogP contribution < -0.4 is 4.74 Å². The second kappa shape index (κ2) is 6.27. The molecule has 0 N–H and O–H groups in total. The smallest absolute Gasteiger partial charge is 0.226 e. The third-order valence-corrected chi connectivity index (χ3v) is 4.27. The molecule has 2 aliphatic rings. The maximum atomic E-state index is 12.2.